The van der Waals surface area contributed by atoms with Gasteiger partial charge in [-0.1, -0.05) is 6.07 Å². The maximum Gasteiger partial charge on any atom is 0.433 e. The standard InChI is InChI=1S/C24H22F3N5O2/c1-13-11-15(16-4-5-18-17(28-16)6-8-21(29-18)24(25,26)27)3-7-20(13)31-9-10-32-22(23(31)34)14(2)19(12-33)30-32/h3-8,11,19,30,33H,9-10,12H2,1-2H3. The van der Waals surface area contributed by atoms with Crippen LogP contribution in [0.1, 0.15) is 18.2 Å². The Balaban J connectivity index is 1.45. The topological polar surface area (TPSA) is 81.6 Å². The first-order valence-electron chi connectivity index (χ1n) is 10.8. The highest BCUT2D eigenvalue weighted by molar-refractivity contribution is 6.07. The molecular weight excluding hydrogens is 447 g/mol. The highest BCUT2D eigenvalue weighted by atomic mass is 19.4. The molecule has 0 bridgehead atoms. The number of aliphatic hydroxyl groups is 1. The van der Waals surface area contributed by atoms with E-state index in [0.717, 1.165) is 28.5 Å². The lowest BCUT2D eigenvalue weighted by Crippen LogP contribution is -2.52. The summed E-state index contributed by atoms with van der Waals surface area (Å²) in [5.41, 5.74) is 7.15. The Morgan fingerprint density at radius 1 is 1.06 bits per heavy atom. The molecule has 1 aromatic carbocycles. The van der Waals surface area contributed by atoms with E-state index in [1.165, 1.54) is 12.1 Å². The smallest absolute Gasteiger partial charge is 0.394 e. The summed E-state index contributed by atoms with van der Waals surface area (Å²) in [7, 11) is 0. The number of carbonyl (C=O) groups excluding carboxylic acids is 1. The first-order valence-corrected chi connectivity index (χ1v) is 10.8. The maximum absolute atomic E-state index is 13.2. The van der Waals surface area contributed by atoms with Gasteiger partial charge >= 0.3 is 6.18 Å². The van der Waals surface area contributed by atoms with E-state index in [4.69, 9.17) is 0 Å². The number of aliphatic hydroxyl groups excluding tert-OH is 1. The first-order chi connectivity index (χ1) is 16.2. The molecule has 3 aromatic rings. The fraction of sp³-hybridized carbons (Fsp3) is 0.292. The molecule has 1 atom stereocenters. The van der Waals surface area contributed by atoms with E-state index in [0.29, 0.717) is 30.0 Å². The van der Waals surface area contributed by atoms with Gasteiger partial charge in [-0.15, -0.1) is 0 Å². The van der Waals surface area contributed by atoms with Crippen molar-refractivity contribution < 1.29 is 23.1 Å². The predicted octanol–water partition coefficient (Wildman–Crippen LogP) is 3.43. The Morgan fingerprint density at radius 2 is 1.79 bits per heavy atom. The highest BCUT2D eigenvalue weighted by Crippen LogP contribution is 2.33. The van der Waals surface area contributed by atoms with Crippen LogP contribution in [0.5, 0.6) is 0 Å². The Morgan fingerprint density at radius 3 is 2.50 bits per heavy atom. The van der Waals surface area contributed by atoms with Crippen LogP contribution in [0.25, 0.3) is 22.3 Å². The second kappa shape index (κ2) is 8.07. The first kappa shape index (κ1) is 22.3. The van der Waals surface area contributed by atoms with Gasteiger partial charge in [0.15, 0.2) is 0 Å². The molecule has 2 aromatic heterocycles. The van der Waals surface area contributed by atoms with Crippen LogP contribution < -0.4 is 10.3 Å². The summed E-state index contributed by atoms with van der Waals surface area (Å²) in [6.07, 6.45) is -4.51. The molecule has 1 fully saturated rings. The summed E-state index contributed by atoms with van der Waals surface area (Å²) in [5, 5.41) is 11.3. The zero-order valence-corrected chi connectivity index (χ0v) is 18.5. The Hall–Kier alpha value is -3.50. The van der Waals surface area contributed by atoms with Crippen LogP contribution in [0.3, 0.4) is 0 Å². The number of pyridine rings is 2. The van der Waals surface area contributed by atoms with Gasteiger partial charge in [-0.3, -0.25) is 4.79 Å². The minimum atomic E-state index is -4.51. The van der Waals surface area contributed by atoms with E-state index in [-0.39, 0.29) is 24.1 Å². The Bertz CT molecular complexity index is 1340. The molecule has 10 heteroatoms. The number of hydrogen-bond acceptors (Lipinski definition) is 6. The molecule has 2 aliphatic heterocycles. The number of aryl methyl sites for hydroxylation is 1. The number of benzene rings is 1. The van der Waals surface area contributed by atoms with Gasteiger partial charge in [0.25, 0.3) is 5.91 Å². The highest BCUT2D eigenvalue weighted by Gasteiger charge is 2.39. The molecule has 1 saturated heterocycles. The van der Waals surface area contributed by atoms with Gasteiger partial charge in [0, 0.05) is 17.8 Å². The number of hydrazine groups is 1. The maximum atomic E-state index is 13.2. The molecule has 1 unspecified atom stereocenters. The number of alkyl halides is 3. The third kappa shape index (κ3) is 3.68. The number of amides is 1. The van der Waals surface area contributed by atoms with Crippen molar-refractivity contribution in [2.24, 2.45) is 0 Å². The Labute approximate surface area is 193 Å². The van der Waals surface area contributed by atoms with Crippen LogP contribution in [0.15, 0.2) is 53.7 Å². The molecule has 2 N–H and O–H groups in total. The second-order valence-electron chi connectivity index (χ2n) is 8.43. The largest absolute Gasteiger partial charge is 0.433 e. The summed E-state index contributed by atoms with van der Waals surface area (Å²) in [6.45, 7) is 4.75. The van der Waals surface area contributed by atoms with Gasteiger partial charge in [-0.25, -0.2) is 15.4 Å². The average molecular weight is 469 g/mol. The number of nitrogens with one attached hydrogen (secondary N) is 1. The lowest BCUT2D eigenvalue weighted by atomic mass is 10.0. The average Bonchev–Trinajstić information content (AvgIpc) is 3.14. The quantitative estimate of drug-likeness (QED) is 0.612. The van der Waals surface area contributed by atoms with Gasteiger partial charge < -0.3 is 15.0 Å². The number of halogens is 3. The molecule has 0 aliphatic carbocycles. The van der Waals surface area contributed by atoms with E-state index >= 15 is 0 Å². The van der Waals surface area contributed by atoms with Crippen LogP contribution in [-0.2, 0) is 11.0 Å². The number of carbonyl (C=O) groups is 1. The van der Waals surface area contributed by atoms with Crippen LogP contribution >= 0.6 is 0 Å². The van der Waals surface area contributed by atoms with Crippen molar-refractivity contribution in [3.05, 3.63) is 65.0 Å². The van der Waals surface area contributed by atoms with E-state index in [1.807, 2.05) is 32.0 Å². The van der Waals surface area contributed by atoms with Crippen molar-refractivity contribution >= 4 is 22.6 Å². The zero-order valence-electron chi connectivity index (χ0n) is 18.5. The molecule has 34 heavy (non-hydrogen) atoms. The lowest BCUT2D eigenvalue weighted by molar-refractivity contribution is -0.141. The van der Waals surface area contributed by atoms with Gasteiger partial charge in [0.2, 0.25) is 0 Å². The Kier molecular flexibility index (Phi) is 5.29. The van der Waals surface area contributed by atoms with Crippen molar-refractivity contribution in [3.8, 4) is 11.3 Å². The van der Waals surface area contributed by atoms with Crippen LogP contribution in [-0.4, -0.2) is 51.7 Å². The number of fused-ring (bicyclic) bond motifs is 2. The normalized spacial score (nSPS) is 18.8. The summed E-state index contributed by atoms with van der Waals surface area (Å²) in [4.78, 5) is 23.1. The number of rotatable bonds is 3. The van der Waals surface area contributed by atoms with Crippen LogP contribution in [0.4, 0.5) is 18.9 Å². The minimum Gasteiger partial charge on any atom is -0.394 e. The van der Waals surface area contributed by atoms with E-state index in [9.17, 15) is 23.1 Å². The van der Waals surface area contributed by atoms with Gasteiger partial charge in [-0.2, -0.15) is 13.2 Å². The van der Waals surface area contributed by atoms with Gasteiger partial charge in [0.05, 0.1) is 35.9 Å². The molecule has 176 valence electrons. The molecule has 0 spiro atoms. The van der Waals surface area contributed by atoms with E-state index in [1.54, 1.807) is 16.0 Å². The number of anilines is 1. The number of aromatic nitrogens is 2. The molecule has 7 nitrogen and oxygen atoms in total. The molecule has 0 radical (unpaired) electrons. The molecule has 2 aliphatic rings. The third-order valence-electron chi connectivity index (χ3n) is 6.27. The van der Waals surface area contributed by atoms with Crippen molar-refractivity contribution in [1.29, 1.82) is 0 Å². The number of hydrogen-bond donors (Lipinski definition) is 2. The SMILES string of the molecule is CC1=C2C(=O)N(c3ccc(-c4ccc5nc(C(F)(F)F)ccc5n4)cc3C)CCN2NC1CO. The van der Waals surface area contributed by atoms with E-state index < -0.39 is 11.9 Å². The second-order valence-corrected chi connectivity index (χ2v) is 8.43. The molecule has 4 heterocycles. The number of nitrogens with zero attached hydrogens (tertiary/aromatic N) is 4. The number of piperazine rings is 1. The van der Waals surface area contributed by atoms with Crippen molar-refractivity contribution in [1.82, 2.24) is 20.4 Å². The molecule has 1 amide bonds. The summed E-state index contributed by atoms with van der Waals surface area (Å²) in [6, 6.07) is 10.8. The van der Waals surface area contributed by atoms with Crippen molar-refractivity contribution in [2.75, 3.05) is 24.6 Å². The van der Waals surface area contributed by atoms with Crippen molar-refractivity contribution in [2.45, 2.75) is 26.1 Å². The summed E-state index contributed by atoms with van der Waals surface area (Å²) in [5.74, 6) is -0.126. The molecular formula is C24H22F3N5O2. The van der Waals surface area contributed by atoms with Gasteiger partial charge in [-0.05, 0) is 61.4 Å². The third-order valence-corrected chi connectivity index (χ3v) is 6.27. The molecule has 5 rings (SSSR count). The van der Waals surface area contributed by atoms with Crippen molar-refractivity contribution in [3.63, 3.8) is 0 Å². The fourth-order valence-electron chi connectivity index (χ4n) is 4.47. The predicted molar refractivity (Wildman–Crippen MR) is 120 cm³/mol. The van der Waals surface area contributed by atoms with Crippen LogP contribution in [0.2, 0.25) is 0 Å². The zero-order chi connectivity index (χ0) is 24.2. The fourth-order valence-corrected chi connectivity index (χ4v) is 4.47. The van der Waals surface area contributed by atoms with Gasteiger partial charge in [0.1, 0.15) is 11.4 Å². The summed E-state index contributed by atoms with van der Waals surface area (Å²) < 4.78 is 38.8. The minimum absolute atomic E-state index is 0.0847. The van der Waals surface area contributed by atoms with E-state index in [2.05, 4.69) is 15.4 Å². The molecule has 0 saturated carbocycles. The summed E-state index contributed by atoms with van der Waals surface area (Å²) >= 11 is 0. The monoisotopic (exact) mass is 469 g/mol. The lowest BCUT2D eigenvalue weighted by Gasteiger charge is -2.35. The van der Waals surface area contributed by atoms with Crippen LogP contribution in [0, 0.1) is 6.92 Å².